The van der Waals surface area contributed by atoms with Gasteiger partial charge >= 0.3 is 0 Å². The van der Waals surface area contributed by atoms with Crippen molar-refractivity contribution in [1.82, 2.24) is 14.4 Å². The minimum absolute atomic E-state index is 0.294. The van der Waals surface area contributed by atoms with E-state index in [1.54, 1.807) is 4.52 Å². The normalized spacial score (nSPS) is 23.3. The molecule has 0 bridgehead atoms. The van der Waals surface area contributed by atoms with Crippen LogP contribution in [-0.2, 0) is 0 Å². The number of rotatable bonds is 3. The number of nitrogens with zero attached hydrogens (tertiary/aromatic N) is 3. The molecule has 1 aliphatic rings. The molecule has 2 aromatic heterocycles. The number of hydrogen-bond donors (Lipinski definition) is 2. The molecule has 110 valence electrons. The van der Waals surface area contributed by atoms with Gasteiger partial charge in [0.05, 0.1) is 23.0 Å². The number of fused-ring (bicyclic) bond motifs is 1. The summed E-state index contributed by atoms with van der Waals surface area (Å²) in [5.41, 5.74) is 7.62. The van der Waals surface area contributed by atoms with Gasteiger partial charge in [-0.3, -0.25) is 4.79 Å². The predicted molar refractivity (Wildman–Crippen MR) is 85.0 cm³/mol. The van der Waals surface area contributed by atoms with Crippen LogP contribution in [0.25, 0.3) is 5.52 Å². The fraction of sp³-hybridized carbons (Fsp3) is 0.429. The number of piperidine rings is 1. The van der Waals surface area contributed by atoms with Crippen molar-refractivity contribution in [1.29, 1.82) is 0 Å². The minimum Gasteiger partial charge on any atom is -0.378 e. The monoisotopic (exact) mass is 285 g/mol. The summed E-state index contributed by atoms with van der Waals surface area (Å²) in [6.45, 7) is 4.30. The van der Waals surface area contributed by atoms with Gasteiger partial charge in [0.1, 0.15) is 0 Å². The molecule has 2 aromatic rings. The van der Waals surface area contributed by atoms with E-state index in [0.29, 0.717) is 17.5 Å². The zero-order valence-corrected chi connectivity index (χ0v) is 12.4. The zero-order chi connectivity index (χ0) is 15.0. The number of nitrogens with two attached hydrogens (primary N) is 1. The number of hydrogen-bond acceptors (Lipinski definition) is 4. The van der Waals surface area contributed by atoms with Crippen molar-refractivity contribution >= 4 is 25.1 Å². The highest BCUT2D eigenvalue weighted by Gasteiger charge is 2.26. The lowest BCUT2D eigenvalue weighted by atomic mass is 9.91. The lowest BCUT2D eigenvalue weighted by molar-refractivity contribution is 0.100. The number of carbonyl (C=O) groups is 1. The van der Waals surface area contributed by atoms with Crippen molar-refractivity contribution in [3.05, 3.63) is 30.1 Å². The lowest BCUT2D eigenvalue weighted by Gasteiger charge is -2.36. The van der Waals surface area contributed by atoms with E-state index in [1.807, 2.05) is 18.3 Å². The maximum atomic E-state index is 11.7. The predicted octanol–water partition coefficient (Wildman–Crippen LogP) is 0.104. The van der Waals surface area contributed by atoms with Gasteiger partial charge in [-0.15, -0.1) is 0 Å². The van der Waals surface area contributed by atoms with Gasteiger partial charge in [-0.1, -0.05) is 6.92 Å². The average molecular weight is 285 g/mol. The summed E-state index contributed by atoms with van der Waals surface area (Å²) in [4.78, 5) is 14.0. The largest absolute Gasteiger partial charge is 0.378 e. The summed E-state index contributed by atoms with van der Waals surface area (Å²) in [5.74, 6) is 0.0932. The van der Waals surface area contributed by atoms with Crippen molar-refractivity contribution < 1.29 is 4.79 Å². The topological polar surface area (TPSA) is 75.7 Å². The standard InChI is InChI=1S/C14H20BN5O/c1-9-4-6-19(15)8-11(9)18-13-10(14(16)21)7-17-20-5-2-3-12(13)20/h2-3,5,7,9,11,18H,4,6,8,15H2,1H3,(H2,16,21). The van der Waals surface area contributed by atoms with Crippen LogP contribution in [0.3, 0.4) is 0 Å². The molecule has 0 saturated carbocycles. The molecule has 3 N–H and O–H groups in total. The summed E-state index contributed by atoms with van der Waals surface area (Å²) in [5, 5.41) is 7.75. The fourth-order valence-corrected chi connectivity index (χ4v) is 2.94. The Bertz CT molecular complexity index is 670. The van der Waals surface area contributed by atoms with Crippen LogP contribution in [0.1, 0.15) is 23.7 Å². The number of anilines is 1. The Morgan fingerprint density at radius 2 is 2.38 bits per heavy atom. The SMILES string of the molecule is BN1CCC(C)C(Nc2c(C(N)=O)cnn3cccc23)C1. The number of aromatic nitrogens is 2. The first kappa shape index (κ1) is 13.9. The van der Waals surface area contributed by atoms with Crippen molar-refractivity contribution in [2.24, 2.45) is 11.7 Å². The maximum Gasteiger partial charge on any atom is 0.252 e. The summed E-state index contributed by atoms with van der Waals surface area (Å²) in [6.07, 6.45) is 4.54. The highest BCUT2D eigenvalue weighted by atomic mass is 16.1. The Labute approximate surface area is 124 Å². The molecule has 1 amide bonds. The molecular formula is C14H20BN5O. The first-order valence-electron chi connectivity index (χ1n) is 7.27. The number of primary amides is 1. The Morgan fingerprint density at radius 1 is 1.57 bits per heavy atom. The van der Waals surface area contributed by atoms with E-state index in [9.17, 15) is 4.79 Å². The summed E-state index contributed by atoms with van der Waals surface area (Å²) < 4.78 is 1.76. The smallest absolute Gasteiger partial charge is 0.252 e. The van der Waals surface area contributed by atoms with Crippen LogP contribution >= 0.6 is 0 Å². The second kappa shape index (κ2) is 5.40. The Balaban J connectivity index is 2.00. The third-order valence-corrected chi connectivity index (χ3v) is 4.32. The summed E-state index contributed by atoms with van der Waals surface area (Å²) >= 11 is 0. The van der Waals surface area contributed by atoms with Gasteiger partial charge in [0.2, 0.25) is 0 Å². The molecule has 3 heterocycles. The average Bonchev–Trinajstić information content (AvgIpc) is 2.91. The van der Waals surface area contributed by atoms with Crippen LogP contribution in [0.4, 0.5) is 5.69 Å². The van der Waals surface area contributed by atoms with E-state index in [2.05, 4.69) is 30.1 Å². The molecule has 1 fully saturated rings. The van der Waals surface area contributed by atoms with Crippen molar-refractivity contribution in [3.8, 4) is 0 Å². The molecule has 2 atom stereocenters. The van der Waals surface area contributed by atoms with Gasteiger partial charge < -0.3 is 15.9 Å². The maximum absolute atomic E-state index is 11.7. The van der Waals surface area contributed by atoms with Crippen LogP contribution in [0.2, 0.25) is 0 Å². The molecule has 3 rings (SSSR count). The van der Waals surface area contributed by atoms with E-state index >= 15 is 0 Å². The van der Waals surface area contributed by atoms with Crippen molar-refractivity contribution in [3.63, 3.8) is 0 Å². The molecule has 2 unspecified atom stereocenters. The fourth-order valence-electron chi connectivity index (χ4n) is 2.94. The summed E-state index contributed by atoms with van der Waals surface area (Å²) in [7, 11) is 2.12. The van der Waals surface area contributed by atoms with E-state index in [0.717, 1.165) is 30.7 Å². The third-order valence-electron chi connectivity index (χ3n) is 4.32. The number of carbonyl (C=O) groups excluding carboxylic acids is 1. The van der Waals surface area contributed by atoms with Crippen LogP contribution in [0.15, 0.2) is 24.5 Å². The molecule has 0 aromatic carbocycles. The van der Waals surface area contributed by atoms with E-state index in [-0.39, 0.29) is 0 Å². The van der Waals surface area contributed by atoms with Gasteiger partial charge in [0.25, 0.3) is 5.91 Å². The van der Waals surface area contributed by atoms with E-state index in [1.165, 1.54) is 6.20 Å². The number of amides is 1. The van der Waals surface area contributed by atoms with Gasteiger partial charge in [0.15, 0.2) is 7.98 Å². The molecule has 0 radical (unpaired) electrons. The molecule has 1 saturated heterocycles. The quantitative estimate of drug-likeness (QED) is 0.785. The molecular weight excluding hydrogens is 265 g/mol. The highest BCUT2D eigenvalue weighted by Crippen LogP contribution is 2.26. The third kappa shape index (κ3) is 2.61. The Kier molecular flexibility index (Phi) is 3.59. The van der Waals surface area contributed by atoms with Crippen molar-refractivity contribution in [2.75, 3.05) is 18.4 Å². The van der Waals surface area contributed by atoms with Crippen LogP contribution in [0, 0.1) is 5.92 Å². The van der Waals surface area contributed by atoms with Crippen molar-refractivity contribution in [2.45, 2.75) is 19.4 Å². The zero-order valence-electron chi connectivity index (χ0n) is 12.4. The molecule has 21 heavy (non-hydrogen) atoms. The second-order valence-electron chi connectivity index (χ2n) is 5.91. The molecule has 0 spiro atoms. The van der Waals surface area contributed by atoms with Gasteiger partial charge in [-0.2, -0.15) is 5.10 Å². The molecule has 1 aliphatic heterocycles. The Morgan fingerprint density at radius 3 is 3.14 bits per heavy atom. The first-order chi connectivity index (χ1) is 10.1. The van der Waals surface area contributed by atoms with Crippen LogP contribution in [-0.4, -0.2) is 47.4 Å². The summed E-state index contributed by atoms with van der Waals surface area (Å²) in [6, 6.07) is 4.15. The van der Waals surface area contributed by atoms with Gasteiger partial charge in [0, 0.05) is 18.8 Å². The van der Waals surface area contributed by atoms with Gasteiger partial charge in [-0.05, 0) is 31.0 Å². The molecule has 7 heteroatoms. The number of nitrogens with one attached hydrogen (secondary N) is 1. The van der Waals surface area contributed by atoms with Crippen LogP contribution in [0.5, 0.6) is 0 Å². The lowest BCUT2D eigenvalue weighted by Crippen LogP contribution is -2.45. The van der Waals surface area contributed by atoms with Gasteiger partial charge in [-0.25, -0.2) is 4.52 Å². The van der Waals surface area contributed by atoms with E-state index < -0.39 is 5.91 Å². The minimum atomic E-state index is -0.453. The van der Waals surface area contributed by atoms with E-state index in [4.69, 9.17) is 5.73 Å². The second-order valence-corrected chi connectivity index (χ2v) is 5.91. The molecule has 6 nitrogen and oxygen atoms in total. The first-order valence-corrected chi connectivity index (χ1v) is 7.27. The molecule has 0 aliphatic carbocycles. The highest BCUT2D eigenvalue weighted by molar-refractivity contribution is 6.04. The van der Waals surface area contributed by atoms with Crippen LogP contribution < -0.4 is 11.1 Å². The Hall–Kier alpha value is -2.02.